The monoisotopic (exact) mass is 194 g/mol. The van der Waals surface area contributed by atoms with E-state index in [-0.39, 0.29) is 6.10 Å². The van der Waals surface area contributed by atoms with E-state index < -0.39 is 0 Å². The van der Waals surface area contributed by atoms with Crippen LogP contribution in [0.3, 0.4) is 0 Å². The number of aliphatic hydroxyl groups excluding tert-OH is 1. The average molecular weight is 194 g/mol. The summed E-state index contributed by atoms with van der Waals surface area (Å²) in [5.41, 5.74) is 1.43. The second-order valence-electron chi connectivity index (χ2n) is 3.51. The highest BCUT2D eigenvalue weighted by molar-refractivity contribution is 7.09. The zero-order chi connectivity index (χ0) is 9.10. The SMILES string of the molecule is OC1C=C(CCc2cccs2)CC1. The molecule has 1 aromatic heterocycles. The van der Waals surface area contributed by atoms with E-state index >= 15 is 0 Å². The fraction of sp³-hybridized carbons (Fsp3) is 0.455. The van der Waals surface area contributed by atoms with Crippen LogP contribution in [0, 0.1) is 0 Å². The Morgan fingerprint density at radius 2 is 2.38 bits per heavy atom. The highest BCUT2D eigenvalue weighted by Gasteiger charge is 2.12. The number of aryl methyl sites for hydroxylation is 1. The maximum Gasteiger partial charge on any atom is 0.0726 e. The van der Waals surface area contributed by atoms with E-state index in [2.05, 4.69) is 17.5 Å². The third kappa shape index (κ3) is 2.42. The van der Waals surface area contributed by atoms with Crippen molar-refractivity contribution < 1.29 is 5.11 Å². The van der Waals surface area contributed by atoms with Gasteiger partial charge in [0.05, 0.1) is 6.10 Å². The molecule has 0 spiro atoms. The summed E-state index contributed by atoms with van der Waals surface area (Å²) in [7, 11) is 0. The van der Waals surface area contributed by atoms with Gasteiger partial charge < -0.3 is 5.11 Å². The van der Waals surface area contributed by atoms with Crippen LogP contribution in [0.5, 0.6) is 0 Å². The normalized spacial score (nSPS) is 21.9. The summed E-state index contributed by atoms with van der Waals surface area (Å²) in [5.74, 6) is 0. The minimum absolute atomic E-state index is 0.168. The summed E-state index contributed by atoms with van der Waals surface area (Å²) in [4.78, 5) is 1.45. The van der Waals surface area contributed by atoms with E-state index in [4.69, 9.17) is 0 Å². The minimum atomic E-state index is -0.168. The molecule has 0 aliphatic heterocycles. The molecule has 1 aromatic rings. The Morgan fingerprint density at radius 3 is 3.00 bits per heavy atom. The Hall–Kier alpha value is -0.600. The summed E-state index contributed by atoms with van der Waals surface area (Å²) >= 11 is 1.82. The zero-order valence-corrected chi connectivity index (χ0v) is 8.39. The van der Waals surface area contributed by atoms with Gasteiger partial charge in [0.1, 0.15) is 0 Å². The van der Waals surface area contributed by atoms with E-state index in [0.29, 0.717) is 0 Å². The maximum atomic E-state index is 9.28. The van der Waals surface area contributed by atoms with Crippen LogP contribution in [0.1, 0.15) is 24.1 Å². The van der Waals surface area contributed by atoms with Gasteiger partial charge in [-0.15, -0.1) is 11.3 Å². The molecule has 2 rings (SSSR count). The van der Waals surface area contributed by atoms with Gasteiger partial charge in [0, 0.05) is 4.88 Å². The van der Waals surface area contributed by atoms with Crippen LogP contribution in [0.25, 0.3) is 0 Å². The molecule has 1 atom stereocenters. The lowest BCUT2D eigenvalue weighted by Gasteiger charge is -1.98. The molecule has 1 heterocycles. The van der Waals surface area contributed by atoms with Crippen LogP contribution in [0.2, 0.25) is 0 Å². The Kier molecular flexibility index (Phi) is 2.81. The van der Waals surface area contributed by atoms with Crippen molar-refractivity contribution >= 4 is 11.3 Å². The second-order valence-corrected chi connectivity index (χ2v) is 4.54. The molecule has 0 saturated heterocycles. The maximum absolute atomic E-state index is 9.28. The van der Waals surface area contributed by atoms with Crippen molar-refractivity contribution in [3.63, 3.8) is 0 Å². The number of hydrogen-bond acceptors (Lipinski definition) is 2. The van der Waals surface area contributed by atoms with Crippen molar-refractivity contribution in [2.45, 2.75) is 31.8 Å². The van der Waals surface area contributed by atoms with Gasteiger partial charge in [-0.05, 0) is 37.1 Å². The highest BCUT2D eigenvalue weighted by atomic mass is 32.1. The van der Waals surface area contributed by atoms with Gasteiger partial charge in [-0.25, -0.2) is 0 Å². The molecule has 0 saturated carbocycles. The van der Waals surface area contributed by atoms with E-state index in [1.807, 2.05) is 17.4 Å². The van der Waals surface area contributed by atoms with Crippen molar-refractivity contribution in [3.05, 3.63) is 34.0 Å². The van der Waals surface area contributed by atoms with Crippen LogP contribution >= 0.6 is 11.3 Å². The number of rotatable bonds is 3. The number of hydrogen-bond donors (Lipinski definition) is 1. The Morgan fingerprint density at radius 1 is 1.46 bits per heavy atom. The summed E-state index contributed by atoms with van der Waals surface area (Å²) in [6, 6.07) is 4.27. The first-order valence-electron chi connectivity index (χ1n) is 4.74. The first-order valence-corrected chi connectivity index (χ1v) is 5.62. The van der Waals surface area contributed by atoms with Crippen LogP contribution in [-0.4, -0.2) is 11.2 Å². The summed E-state index contributed by atoms with van der Waals surface area (Å²) in [5, 5.41) is 11.4. The predicted molar refractivity (Wildman–Crippen MR) is 56.0 cm³/mol. The molecule has 0 aromatic carbocycles. The average Bonchev–Trinajstić information content (AvgIpc) is 2.71. The van der Waals surface area contributed by atoms with Gasteiger partial charge in [0.2, 0.25) is 0 Å². The van der Waals surface area contributed by atoms with Crippen LogP contribution in [0.15, 0.2) is 29.2 Å². The van der Waals surface area contributed by atoms with Crippen molar-refractivity contribution in [1.29, 1.82) is 0 Å². The minimum Gasteiger partial charge on any atom is -0.389 e. The lowest BCUT2D eigenvalue weighted by molar-refractivity contribution is 0.223. The molecular weight excluding hydrogens is 180 g/mol. The van der Waals surface area contributed by atoms with Gasteiger partial charge in [0.15, 0.2) is 0 Å². The second kappa shape index (κ2) is 4.07. The fourth-order valence-corrected chi connectivity index (χ4v) is 2.43. The van der Waals surface area contributed by atoms with E-state index in [1.165, 1.54) is 10.5 Å². The molecule has 1 unspecified atom stereocenters. The van der Waals surface area contributed by atoms with Crippen LogP contribution < -0.4 is 0 Å². The molecule has 1 aliphatic carbocycles. The van der Waals surface area contributed by atoms with E-state index in [0.717, 1.165) is 25.7 Å². The van der Waals surface area contributed by atoms with Crippen molar-refractivity contribution in [2.75, 3.05) is 0 Å². The van der Waals surface area contributed by atoms with Gasteiger partial charge in [-0.2, -0.15) is 0 Å². The molecule has 2 heteroatoms. The van der Waals surface area contributed by atoms with Gasteiger partial charge in [-0.3, -0.25) is 0 Å². The molecule has 1 nitrogen and oxygen atoms in total. The quantitative estimate of drug-likeness (QED) is 0.734. The van der Waals surface area contributed by atoms with Gasteiger partial charge in [-0.1, -0.05) is 17.7 Å². The van der Waals surface area contributed by atoms with Gasteiger partial charge in [0.25, 0.3) is 0 Å². The number of thiophene rings is 1. The molecule has 1 N–H and O–H groups in total. The topological polar surface area (TPSA) is 20.2 Å². The summed E-state index contributed by atoms with van der Waals surface area (Å²) in [6.07, 6.45) is 6.13. The third-order valence-electron chi connectivity index (χ3n) is 2.46. The van der Waals surface area contributed by atoms with Crippen LogP contribution in [-0.2, 0) is 6.42 Å². The first-order chi connectivity index (χ1) is 6.34. The van der Waals surface area contributed by atoms with Crippen molar-refractivity contribution in [3.8, 4) is 0 Å². The smallest absolute Gasteiger partial charge is 0.0726 e. The van der Waals surface area contributed by atoms with Crippen molar-refractivity contribution in [2.24, 2.45) is 0 Å². The lowest BCUT2D eigenvalue weighted by Crippen LogP contribution is -1.93. The molecule has 0 bridgehead atoms. The molecule has 0 radical (unpaired) electrons. The molecule has 70 valence electrons. The lowest BCUT2D eigenvalue weighted by atomic mass is 10.1. The summed E-state index contributed by atoms with van der Waals surface area (Å²) < 4.78 is 0. The van der Waals surface area contributed by atoms with Crippen molar-refractivity contribution in [1.82, 2.24) is 0 Å². The third-order valence-corrected chi connectivity index (χ3v) is 3.40. The van der Waals surface area contributed by atoms with Gasteiger partial charge >= 0.3 is 0 Å². The number of aliphatic hydroxyl groups is 1. The van der Waals surface area contributed by atoms with E-state index in [1.54, 1.807) is 0 Å². The fourth-order valence-electron chi connectivity index (χ4n) is 1.72. The van der Waals surface area contributed by atoms with Crippen LogP contribution in [0.4, 0.5) is 0 Å². The predicted octanol–water partition coefficient (Wildman–Crippen LogP) is 2.76. The number of allylic oxidation sites excluding steroid dienone is 1. The highest BCUT2D eigenvalue weighted by Crippen LogP contribution is 2.23. The molecule has 13 heavy (non-hydrogen) atoms. The Balaban J connectivity index is 1.83. The summed E-state index contributed by atoms with van der Waals surface area (Å²) in [6.45, 7) is 0. The standard InChI is InChI=1S/C11H14OS/c12-10-5-3-9(8-10)4-6-11-2-1-7-13-11/h1-2,7-8,10,12H,3-6H2. The zero-order valence-electron chi connectivity index (χ0n) is 7.57. The molecular formula is C11H14OS. The Bertz CT molecular complexity index is 287. The molecule has 0 amide bonds. The molecule has 0 fully saturated rings. The van der Waals surface area contributed by atoms with E-state index in [9.17, 15) is 5.11 Å². The largest absolute Gasteiger partial charge is 0.389 e. The Labute approximate surface area is 82.7 Å². The first kappa shape index (κ1) is 8.97. The molecule has 1 aliphatic rings.